The van der Waals surface area contributed by atoms with Crippen molar-refractivity contribution in [1.82, 2.24) is 9.97 Å². The van der Waals surface area contributed by atoms with Crippen LogP contribution in [-0.4, -0.2) is 32.2 Å². The number of halogens is 1. The molecule has 132 valence electrons. The molecule has 0 unspecified atom stereocenters. The lowest BCUT2D eigenvalue weighted by Gasteiger charge is -2.11. The first-order chi connectivity index (χ1) is 11.8. The van der Waals surface area contributed by atoms with Gasteiger partial charge < -0.3 is 16.2 Å². The molecule has 0 radical (unpaired) electrons. The molecule has 8 nitrogen and oxygen atoms in total. The van der Waals surface area contributed by atoms with Gasteiger partial charge in [-0.25, -0.2) is 4.98 Å². The van der Waals surface area contributed by atoms with E-state index < -0.39 is 22.7 Å². The molecular formula is C15H15ClN4O4S. The number of hydrogen-bond donors (Lipinski definition) is 4. The van der Waals surface area contributed by atoms with E-state index in [0.29, 0.717) is 17.0 Å². The molecule has 0 bridgehead atoms. The van der Waals surface area contributed by atoms with E-state index in [4.69, 9.17) is 22.4 Å². The number of nitrogens with two attached hydrogens (primary N) is 1. The molecule has 2 aromatic rings. The Morgan fingerprint density at radius 1 is 1.40 bits per heavy atom. The van der Waals surface area contributed by atoms with E-state index in [1.165, 1.54) is 12.1 Å². The molecule has 0 aliphatic heterocycles. The third-order valence-electron chi connectivity index (χ3n) is 3.17. The van der Waals surface area contributed by atoms with E-state index in [1.54, 1.807) is 19.1 Å². The van der Waals surface area contributed by atoms with Gasteiger partial charge in [-0.1, -0.05) is 30.3 Å². The third-order valence-corrected chi connectivity index (χ3v) is 4.66. The summed E-state index contributed by atoms with van der Waals surface area (Å²) in [7, 11) is 0. The van der Waals surface area contributed by atoms with E-state index in [0.717, 1.165) is 11.8 Å². The number of aromatic amines is 1. The Morgan fingerprint density at radius 3 is 2.56 bits per heavy atom. The molecule has 2 rings (SSSR count). The summed E-state index contributed by atoms with van der Waals surface area (Å²) in [5, 5.41) is 11.2. The van der Waals surface area contributed by atoms with Crippen LogP contribution in [0.3, 0.4) is 0 Å². The van der Waals surface area contributed by atoms with Gasteiger partial charge in [0.2, 0.25) is 0 Å². The Hall–Kier alpha value is -2.52. The topological polar surface area (TPSA) is 138 Å². The molecule has 0 saturated carbocycles. The number of H-pyrrole nitrogens is 1. The number of carbonyl (C=O) groups excluding carboxylic acids is 1. The lowest BCUT2D eigenvalue weighted by Crippen LogP contribution is -2.24. The zero-order chi connectivity index (χ0) is 18.6. The minimum absolute atomic E-state index is 0.0706. The van der Waals surface area contributed by atoms with Crippen LogP contribution in [-0.2, 0) is 4.79 Å². The Kier molecular flexibility index (Phi) is 6.05. The zero-order valence-electron chi connectivity index (χ0n) is 13.1. The number of amides is 1. The zero-order valence-corrected chi connectivity index (χ0v) is 14.6. The average Bonchev–Trinajstić information content (AvgIpc) is 2.56. The van der Waals surface area contributed by atoms with Crippen LogP contribution in [0, 0.1) is 0 Å². The summed E-state index contributed by atoms with van der Waals surface area (Å²) in [6.07, 6.45) is 0.346. The Bertz CT molecular complexity index is 854. The second-order valence-electron chi connectivity index (χ2n) is 4.95. The molecule has 0 aliphatic carbocycles. The highest BCUT2D eigenvalue weighted by Gasteiger charge is 2.20. The minimum atomic E-state index is -1.02. The van der Waals surface area contributed by atoms with Crippen LogP contribution in [0.1, 0.15) is 23.7 Å². The predicted molar refractivity (Wildman–Crippen MR) is 96.2 cm³/mol. The maximum atomic E-state index is 12.2. The maximum absolute atomic E-state index is 12.2. The summed E-state index contributed by atoms with van der Waals surface area (Å²) >= 11 is 6.64. The molecule has 1 amide bonds. The second kappa shape index (κ2) is 8.04. The molecule has 0 fully saturated rings. The first kappa shape index (κ1) is 18.8. The molecular weight excluding hydrogens is 368 g/mol. The number of carbonyl (C=O) groups is 2. The van der Waals surface area contributed by atoms with E-state index in [9.17, 15) is 14.4 Å². The SMILES string of the molecule is CC[C@H](Sc1nc(N)c(NC(=O)c2ccc(Cl)cc2)c(=O)[nH]1)C(=O)O. The molecule has 25 heavy (non-hydrogen) atoms. The van der Waals surface area contributed by atoms with Gasteiger partial charge in [0.05, 0.1) is 0 Å². The van der Waals surface area contributed by atoms with Crippen molar-refractivity contribution in [3.05, 3.63) is 45.2 Å². The molecule has 1 aromatic heterocycles. The standard InChI is InChI=1S/C15H15ClN4O4S/c1-2-9(14(23)24)25-15-19-11(17)10(13(22)20-15)18-12(21)7-3-5-8(16)6-4-7/h3-6,9H,2H2,1H3,(H,18,21)(H,23,24)(H3,17,19,20,22)/t9-/m0/s1. The van der Waals surface area contributed by atoms with Crippen molar-refractivity contribution in [2.45, 2.75) is 23.8 Å². The number of nitrogens with one attached hydrogen (secondary N) is 2. The summed E-state index contributed by atoms with van der Waals surface area (Å²) in [6, 6.07) is 6.08. The molecule has 0 saturated heterocycles. The number of nitrogens with zero attached hydrogens (tertiary/aromatic N) is 1. The number of thioether (sulfide) groups is 1. The smallest absolute Gasteiger partial charge is 0.317 e. The van der Waals surface area contributed by atoms with Crippen molar-refractivity contribution in [1.29, 1.82) is 0 Å². The maximum Gasteiger partial charge on any atom is 0.317 e. The Morgan fingerprint density at radius 2 is 2.04 bits per heavy atom. The fourth-order valence-electron chi connectivity index (χ4n) is 1.88. The van der Waals surface area contributed by atoms with Crippen LogP contribution in [0.25, 0.3) is 0 Å². The number of carboxylic acid groups (broad SMARTS) is 1. The molecule has 1 aromatic carbocycles. The van der Waals surface area contributed by atoms with E-state index in [2.05, 4.69) is 15.3 Å². The van der Waals surface area contributed by atoms with E-state index in [1.807, 2.05) is 0 Å². The van der Waals surface area contributed by atoms with Crippen molar-refractivity contribution in [2.75, 3.05) is 11.1 Å². The molecule has 1 atom stereocenters. The summed E-state index contributed by atoms with van der Waals surface area (Å²) in [4.78, 5) is 41.7. The van der Waals surface area contributed by atoms with Crippen LogP contribution in [0.2, 0.25) is 5.02 Å². The van der Waals surface area contributed by atoms with Crippen LogP contribution in [0.15, 0.2) is 34.2 Å². The first-order valence-corrected chi connectivity index (χ1v) is 8.43. The Labute approximate surface area is 151 Å². The monoisotopic (exact) mass is 382 g/mol. The largest absolute Gasteiger partial charge is 0.480 e. The highest BCUT2D eigenvalue weighted by Crippen LogP contribution is 2.23. The van der Waals surface area contributed by atoms with Gasteiger partial charge in [-0.3, -0.25) is 19.4 Å². The number of carboxylic acids is 1. The highest BCUT2D eigenvalue weighted by atomic mass is 35.5. The van der Waals surface area contributed by atoms with Gasteiger partial charge in [-0.2, -0.15) is 0 Å². The number of aromatic nitrogens is 2. The Balaban J connectivity index is 2.22. The highest BCUT2D eigenvalue weighted by molar-refractivity contribution is 8.00. The average molecular weight is 383 g/mol. The fraction of sp³-hybridized carbons (Fsp3) is 0.200. The lowest BCUT2D eigenvalue weighted by molar-refractivity contribution is -0.136. The number of aliphatic carboxylic acids is 1. The molecule has 0 aliphatic rings. The van der Waals surface area contributed by atoms with Crippen molar-refractivity contribution < 1.29 is 14.7 Å². The lowest BCUT2D eigenvalue weighted by atomic mass is 10.2. The number of hydrogen-bond acceptors (Lipinski definition) is 6. The van der Waals surface area contributed by atoms with Crippen LogP contribution < -0.4 is 16.6 Å². The van der Waals surface area contributed by atoms with Crippen LogP contribution >= 0.6 is 23.4 Å². The van der Waals surface area contributed by atoms with Crippen molar-refractivity contribution in [3.8, 4) is 0 Å². The normalized spacial score (nSPS) is 11.8. The van der Waals surface area contributed by atoms with E-state index >= 15 is 0 Å². The summed E-state index contributed by atoms with van der Waals surface area (Å²) in [5.74, 6) is -1.77. The van der Waals surface area contributed by atoms with E-state index in [-0.39, 0.29) is 16.7 Å². The number of anilines is 2. The summed E-state index contributed by atoms with van der Waals surface area (Å²) in [5.41, 5.74) is 5.16. The van der Waals surface area contributed by atoms with Crippen LogP contribution in [0.4, 0.5) is 11.5 Å². The quantitative estimate of drug-likeness (QED) is 0.443. The van der Waals surface area contributed by atoms with Gasteiger partial charge >= 0.3 is 5.97 Å². The second-order valence-corrected chi connectivity index (χ2v) is 6.57. The first-order valence-electron chi connectivity index (χ1n) is 7.18. The van der Waals surface area contributed by atoms with Crippen molar-refractivity contribution in [2.24, 2.45) is 0 Å². The molecule has 1 heterocycles. The van der Waals surface area contributed by atoms with Crippen molar-refractivity contribution in [3.63, 3.8) is 0 Å². The molecule has 0 spiro atoms. The van der Waals surface area contributed by atoms with Gasteiger partial charge in [-0.05, 0) is 30.7 Å². The van der Waals surface area contributed by atoms with Crippen LogP contribution in [0.5, 0.6) is 0 Å². The number of rotatable bonds is 6. The fourth-order valence-corrected chi connectivity index (χ4v) is 2.84. The number of nitrogen functional groups attached to an aromatic ring is 1. The van der Waals surface area contributed by atoms with Gasteiger partial charge in [0, 0.05) is 10.6 Å². The summed E-state index contributed by atoms with van der Waals surface area (Å²) in [6.45, 7) is 1.70. The van der Waals surface area contributed by atoms with Crippen molar-refractivity contribution >= 4 is 46.7 Å². The van der Waals surface area contributed by atoms with Gasteiger partial charge in [-0.15, -0.1) is 0 Å². The molecule has 10 heteroatoms. The van der Waals surface area contributed by atoms with Gasteiger partial charge in [0.1, 0.15) is 10.9 Å². The summed E-state index contributed by atoms with van der Waals surface area (Å²) < 4.78 is 0. The molecule has 5 N–H and O–H groups in total. The predicted octanol–water partition coefficient (Wildman–Crippen LogP) is 2.21. The third kappa shape index (κ3) is 4.74. The number of benzene rings is 1. The van der Waals surface area contributed by atoms with Gasteiger partial charge in [0.25, 0.3) is 11.5 Å². The minimum Gasteiger partial charge on any atom is -0.480 e. The van der Waals surface area contributed by atoms with Gasteiger partial charge in [0.15, 0.2) is 11.0 Å².